The maximum absolute atomic E-state index is 6.25. The SMILES string of the molecule is Cc1cc(-c2nc(Cl)c(C(C)C)c(Cl)n2)cc(C)c1Br. The second kappa shape index (κ2) is 6.00. The highest BCUT2D eigenvalue weighted by Crippen LogP contribution is 2.32. The van der Waals surface area contributed by atoms with Crippen molar-refractivity contribution in [2.75, 3.05) is 0 Å². The van der Waals surface area contributed by atoms with Crippen molar-refractivity contribution in [3.05, 3.63) is 43.6 Å². The van der Waals surface area contributed by atoms with Gasteiger partial charge in [0.15, 0.2) is 5.82 Å². The third-order valence-corrected chi connectivity index (χ3v) is 4.95. The van der Waals surface area contributed by atoms with Gasteiger partial charge in [0.2, 0.25) is 0 Å². The number of hydrogen-bond acceptors (Lipinski definition) is 2. The van der Waals surface area contributed by atoms with Gasteiger partial charge in [-0.3, -0.25) is 0 Å². The smallest absolute Gasteiger partial charge is 0.162 e. The maximum atomic E-state index is 6.25. The van der Waals surface area contributed by atoms with E-state index >= 15 is 0 Å². The molecule has 106 valence electrons. The summed E-state index contributed by atoms with van der Waals surface area (Å²) < 4.78 is 1.09. The molecule has 2 aromatic rings. The highest BCUT2D eigenvalue weighted by molar-refractivity contribution is 9.10. The maximum Gasteiger partial charge on any atom is 0.162 e. The summed E-state index contributed by atoms with van der Waals surface area (Å²) >= 11 is 16.0. The Balaban J connectivity index is 2.60. The van der Waals surface area contributed by atoms with E-state index in [1.54, 1.807) is 0 Å². The average molecular weight is 374 g/mol. The summed E-state index contributed by atoms with van der Waals surface area (Å²) in [4.78, 5) is 8.78. The Bertz CT molecular complexity index is 623. The first-order chi connectivity index (χ1) is 9.31. The Morgan fingerprint density at radius 2 is 1.45 bits per heavy atom. The predicted molar refractivity (Wildman–Crippen MR) is 88.8 cm³/mol. The first-order valence-electron chi connectivity index (χ1n) is 6.31. The van der Waals surface area contributed by atoms with Gasteiger partial charge >= 0.3 is 0 Å². The molecule has 0 atom stereocenters. The zero-order valence-electron chi connectivity index (χ0n) is 11.8. The lowest BCUT2D eigenvalue weighted by atomic mass is 10.1. The summed E-state index contributed by atoms with van der Waals surface area (Å²) in [7, 11) is 0. The lowest BCUT2D eigenvalue weighted by Gasteiger charge is -2.12. The average Bonchev–Trinajstić information content (AvgIpc) is 2.33. The van der Waals surface area contributed by atoms with Crippen LogP contribution in [0, 0.1) is 13.8 Å². The van der Waals surface area contributed by atoms with Gasteiger partial charge in [0.05, 0.1) is 0 Å². The van der Waals surface area contributed by atoms with E-state index in [2.05, 4.69) is 25.9 Å². The zero-order chi connectivity index (χ0) is 15.0. The fraction of sp³-hybridized carbons (Fsp3) is 0.333. The van der Waals surface area contributed by atoms with Gasteiger partial charge in [0.1, 0.15) is 10.3 Å². The van der Waals surface area contributed by atoms with Crippen LogP contribution in [-0.2, 0) is 0 Å². The number of aromatic nitrogens is 2. The molecule has 0 saturated carbocycles. The van der Waals surface area contributed by atoms with Crippen LogP contribution >= 0.6 is 39.1 Å². The van der Waals surface area contributed by atoms with Gasteiger partial charge in [0.25, 0.3) is 0 Å². The molecule has 20 heavy (non-hydrogen) atoms. The number of aryl methyl sites for hydroxylation is 2. The van der Waals surface area contributed by atoms with E-state index in [4.69, 9.17) is 23.2 Å². The number of benzene rings is 1. The highest BCUT2D eigenvalue weighted by Gasteiger charge is 2.16. The Morgan fingerprint density at radius 3 is 1.85 bits per heavy atom. The van der Waals surface area contributed by atoms with Crippen LogP contribution in [0.4, 0.5) is 0 Å². The van der Waals surface area contributed by atoms with E-state index in [1.165, 1.54) is 0 Å². The van der Waals surface area contributed by atoms with Crippen molar-refractivity contribution in [1.29, 1.82) is 0 Å². The monoisotopic (exact) mass is 372 g/mol. The Morgan fingerprint density at radius 1 is 1.00 bits per heavy atom. The molecule has 0 aliphatic carbocycles. The summed E-state index contributed by atoms with van der Waals surface area (Å²) in [6.07, 6.45) is 0. The molecule has 0 aliphatic rings. The van der Waals surface area contributed by atoms with Gasteiger partial charge in [-0.1, -0.05) is 53.0 Å². The number of nitrogens with zero attached hydrogens (tertiary/aromatic N) is 2. The van der Waals surface area contributed by atoms with Crippen LogP contribution in [0.5, 0.6) is 0 Å². The molecule has 2 rings (SSSR count). The second-order valence-electron chi connectivity index (χ2n) is 5.12. The molecule has 0 spiro atoms. The summed E-state index contributed by atoms with van der Waals surface area (Å²) in [5.41, 5.74) is 3.97. The first-order valence-corrected chi connectivity index (χ1v) is 7.86. The predicted octanol–water partition coefficient (Wildman–Crippen LogP) is 5.95. The quantitative estimate of drug-likeness (QED) is 0.607. The summed E-state index contributed by atoms with van der Waals surface area (Å²) in [6.45, 7) is 8.10. The van der Waals surface area contributed by atoms with Crippen molar-refractivity contribution in [3.8, 4) is 11.4 Å². The molecular weight excluding hydrogens is 359 g/mol. The molecule has 0 N–H and O–H groups in total. The standard InChI is InChI=1S/C15H15BrCl2N2/c1-7(2)11-13(17)19-15(20-14(11)18)10-5-8(3)12(16)9(4)6-10/h5-7H,1-4H3. The molecule has 0 amide bonds. The van der Waals surface area contributed by atoms with E-state index in [0.717, 1.165) is 26.7 Å². The Hall–Kier alpha value is -0.640. The molecule has 0 radical (unpaired) electrons. The molecule has 0 bridgehead atoms. The lowest BCUT2D eigenvalue weighted by Crippen LogP contribution is -2.00. The number of hydrogen-bond donors (Lipinski definition) is 0. The molecule has 0 saturated heterocycles. The molecule has 1 aromatic carbocycles. The minimum Gasteiger partial charge on any atom is -0.216 e. The first kappa shape index (κ1) is 15.7. The minimum atomic E-state index is 0.192. The van der Waals surface area contributed by atoms with Gasteiger partial charge in [-0.2, -0.15) is 0 Å². The Labute approximate surface area is 137 Å². The molecular formula is C15H15BrCl2N2. The highest BCUT2D eigenvalue weighted by atomic mass is 79.9. The van der Waals surface area contributed by atoms with E-state index in [1.807, 2.05) is 39.8 Å². The van der Waals surface area contributed by atoms with Crippen molar-refractivity contribution in [1.82, 2.24) is 9.97 Å². The number of halogens is 3. The van der Waals surface area contributed by atoms with Crippen LogP contribution in [0.1, 0.15) is 36.5 Å². The summed E-state index contributed by atoms with van der Waals surface area (Å²) in [6, 6.07) is 4.04. The molecule has 1 heterocycles. The van der Waals surface area contributed by atoms with Gasteiger partial charge in [-0.25, -0.2) is 9.97 Å². The zero-order valence-corrected chi connectivity index (χ0v) is 14.9. The molecule has 0 unspecified atom stereocenters. The van der Waals surface area contributed by atoms with Crippen LogP contribution < -0.4 is 0 Å². The van der Waals surface area contributed by atoms with Gasteiger partial charge < -0.3 is 0 Å². The molecule has 1 aromatic heterocycles. The third-order valence-electron chi connectivity index (χ3n) is 3.12. The van der Waals surface area contributed by atoms with E-state index in [0.29, 0.717) is 16.1 Å². The van der Waals surface area contributed by atoms with Crippen molar-refractivity contribution in [2.45, 2.75) is 33.6 Å². The fourth-order valence-corrected chi connectivity index (χ4v) is 3.15. The molecule has 5 heteroatoms. The Kier molecular flexibility index (Phi) is 4.73. The van der Waals surface area contributed by atoms with Crippen molar-refractivity contribution in [2.24, 2.45) is 0 Å². The summed E-state index contributed by atoms with van der Waals surface area (Å²) in [5, 5.41) is 0.849. The topological polar surface area (TPSA) is 25.8 Å². The lowest BCUT2D eigenvalue weighted by molar-refractivity contribution is 0.848. The van der Waals surface area contributed by atoms with Crippen molar-refractivity contribution in [3.63, 3.8) is 0 Å². The van der Waals surface area contributed by atoms with Gasteiger partial charge in [-0.05, 0) is 43.0 Å². The van der Waals surface area contributed by atoms with Gasteiger partial charge in [0, 0.05) is 15.6 Å². The van der Waals surface area contributed by atoms with E-state index in [9.17, 15) is 0 Å². The van der Waals surface area contributed by atoms with Crippen LogP contribution in [-0.4, -0.2) is 9.97 Å². The largest absolute Gasteiger partial charge is 0.216 e. The van der Waals surface area contributed by atoms with Crippen LogP contribution in [0.15, 0.2) is 16.6 Å². The van der Waals surface area contributed by atoms with Crippen LogP contribution in [0.25, 0.3) is 11.4 Å². The van der Waals surface area contributed by atoms with E-state index in [-0.39, 0.29) is 5.92 Å². The molecule has 0 fully saturated rings. The second-order valence-corrected chi connectivity index (χ2v) is 6.63. The number of rotatable bonds is 2. The molecule has 2 nitrogen and oxygen atoms in total. The van der Waals surface area contributed by atoms with Crippen molar-refractivity contribution >= 4 is 39.1 Å². The molecule has 0 aliphatic heterocycles. The minimum absolute atomic E-state index is 0.192. The van der Waals surface area contributed by atoms with E-state index < -0.39 is 0 Å². The normalized spacial score (nSPS) is 11.2. The summed E-state index contributed by atoms with van der Waals surface area (Å²) in [5.74, 6) is 0.751. The van der Waals surface area contributed by atoms with Crippen LogP contribution in [0.3, 0.4) is 0 Å². The van der Waals surface area contributed by atoms with Gasteiger partial charge in [-0.15, -0.1) is 0 Å². The van der Waals surface area contributed by atoms with Crippen LogP contribution in [0.2, 0.25) is 10.3 Å². The fourth-order valence-electron chi connectivity index (χ4n) is 2.10. The third kappa shape index (κ3) is 3.00. The van der Waals surface area contributed by atoms with Crippen molar-refractivity contribution < 1.29 is 0 Å².